The van der Waals surface area contributed by atoms with Crippen LogP contribution < -0.4 is 10.1 Å². The van der Waals surface area contributed by atoms with E-state index in [9.17, 15) is 0 Å². The Morgan fingerprint density at radius 2 is 2.00 bits per heavy atom. The van der Waals surface area contributed by atoms with Crippen LogP contribution in [0.2, 0.25) is 0 Å². The van der Waals surface area contributed by atoms with Crippen LogP contribution in [0.5, 0.6) is 5.88 Å². The Labute approximate surface area is 160 Å². The van der Waals surface area contributed by atoms with Crippen LogP contribution in [0, 0.1) is 5.92 Å². The van der Waals surface area contributed by atoms with E-state index < -0.39 is 0 Å². The van der Waals surface area contributed by atoms with Crippen molar-refractivity contribution in [2.24, 2.45) is 5.92 Å². The maximum absolute atomic E-state index is 5.90. The van der Waals surface area contributed by atoms with Gasteiger partial charge < -0.3 is 15.0 Å². The Morgan fingerprint density at radius 1 is 1.11 bits per heavy atom. The molecule has 3 heterocycles. The molecule has 5 nitrogen and oxygen atoms in total. The van der Waals surface area contributed by atoms with E-state index in [1.165, 1.54) is 18.2 Å². The number of likely N-dealkylation sites (tertiary alicyclic amines) is 1. The van der Waals surface area contributed by atoms with Crippen molar-refractivity contribution in [2.45, 2.75) is 19.4 Å². The summed E-state index contributed by atoms with van der Waals surface area (Å²) in [5, 5.41) is 5.81. The molecule has 0 radical (unpaired) electrons. The molecule has 5 heteroatoms. The third-order valence-corrected chi connectivity index (χ3v) is 5.27. The van der Waals surface area contributed by atoms with Crippen molar-refractivity contribution in [1.29, 1.82) is 0 Å². The van der Waals surface area contributed by atoms with Crippen LogP contribution in [0.3, 0.4) is 0 Å². The molecular formula is C22H26N4O. The molecule has 0 bridgehead atoms. The highest BCUT2D eigenvalue weighted by Gasteiger charge is 2.17. The highest BCUT2D eigenvalue weighted by atomic mass is 16.5. The van der Waals surface area contributed by atoms with Crippen molar-refractivity contribution in [1.82, 2.24) is 14.9 Å². The summed E-state index contributed by atoms with van der Waals surface area (Å²) in [6.07, 6.45) is 8.02. The van der Waals surface area contributed by atoms with Crippen molar-refractivity contribution in [3.8, 4) is 5.88 Å². The molecule has 140 valence electrons. The molecule has 2 aromatic heterocycles. The number of benzene rings is 1. The zero-order chi connectivity index (χ0) is 18.5. The number of pyridine rings is 2. The Morgan fingerprint density at radius 3 is 2.81 bits per heavy atom. The van der Waals surface area contributed by atoms with Gasteiger partial charge in [0.25, 0.3) is 0 Å². The Bertz CT molecular complexity index is 868. The van der Waals surface area contributed by atoms with Crippen LogP contribution in [0.15, 0.2) is 55.0 Å². The first kappa shape index (κ1) is 17.7. The van der Waals surface area contributed by atoms with Gasteiger partial charge in [0.1, 0.15) is 0 Å². The number of piperidine rings is 1. The van der Waals surface area contributed by atoms with Gasteiger partial charge in [0.2, 0.25) is 5.88 Å². The van der Waals surface area contributed by atoms with E-state index in [1.54, 1.807) is 0 Å². The highest BCUT2D eigenvalue weighted by Crippen LogP contribution is 2.23. The van der Waals surface area contributed by atoms with Crippen LogP contribution in [0.4, 0.5) is 5.69 Å². The molecule has 1 aliphatic heterocycles. The van der Waals surface area contributed by atoms with Crippen LogP contribution in [-0.4, -0.2) is 41.6 Å². The average Bonchev–Trinajstić information content (AvgIpc) is 2.72. The molecule has 0 saturated carbocycles. The number of aromatic nitrogens is 2. The summed E-state index contributed by atoms with van der Waals surface area (Å²) in [5.74, 6) is 1.36. The third kappa shape index (κ3) is 4.55. The molecule has 3 aromatic rings. The fourth-order valence-corrected chi connectivity index (χ4v) is 3.51. The second-order valence-corrected chi connectivity index (χ2v) is 7.32. The van der Waals surface area contributed by atoms with Gasteiger partial charge in [-0.1, -0.05) is 18.2 Å². The Hall–Kier alpha value is -2.66. The lowest BCUT2D eigenvalue weighted by Crippen LogP contribution is -2.32. The van der Waals surface area contributed by atoms with E-state index in [0.29, 0.717) is 11.8 Å². The van der Waals surface area contributed by atoms with Crippen LogP contribution >= 0.6 is 0 Å². The number of hydrogen-bond acceptors (Lipinski definition) is 5. The van der Waals surface area contributed by atoms with E-state index >= 15 is 0 Å². The van der Waals surface area contributed by atoms with Gasteiger partial charge in [0, 0.05) is 47.7 Å². The van der Waals surface area contributed by atoms with Crippen molar-refractivity contribution < 1.29 is 4.74 Å². The average molecular weight is 362 g/mol. The predicted molar refractivity (Wildman–Crippen MR) is 109 cm³/mol. The second kappa shape index (κ2) is 8.35. The molecular weight excluding hydrogens is 336 g/mol. The first-order chi connectivity index (χ1) is 13.3. The normalized spacial score (nSPS) is 15.7. The van der Waals surface area contributed by atoms with Gasteiger partial charge in [-0.05, 0) is 56.6 Å². The van der Waals surface area contributed by atoms with Gasteiger partial charge in [0.15, 0.2) is 0 Å². The number of ether oxygens (including phenoxy) is 1. The summed E-state index contributed by atoms with van der Waals surface area (Å²) in [6, 6.07) is 12.3. The van der Waals surface area contributed by atoms with Gasteiger partial charge in [-0.15, -0.1) is 0 Å². The van der Waals surface area contributed by atoms with Crippen molar-refractivity contribution in [3.63, 3.8) is 0 Å². The molecule has 0 aliphatic carbocycles. The molecule has 0 spiro atoms. The van der Waals surface area contributed by atoms with E-state index in [4.69, 9.17) is 4.74 Å². The topological polar surface area (TPSA) is 50.3 Å². The summed E-state index contributed by atoms with van der Waals surface area (Å²) < 4.78 is 5.90. The molecule has 1 N–H and O–H groups in total. The summed E-state index contributed by atoms with van der Waals surface area (Å²) in [4.78, 5) is 11.0. The molecule has 1 aliphatic rings. The quantitative estimate of drug-likeness (QED) is 0.719. The molecule has 0 unspecified atom stereocenters. The van der Waals surface area contributed by atoms with Crippen LogP contribution in [0.1, 0.15) is 18.4 Å². The van der Waals surface area contributed by atoms with Gasteiger partial charge >= 0.3 is 0 Å². The molecule has 1 aromatic carbocycles. The number of hydrogen-bond donors (Lipinski definition) is 1. The third-order valence-electron chi connectivity index (χ3n) is 5.27. The number of rotatable bonds is 6. The first-order valence-electron chi connectivity index (χ1n) is 9.61. The number of anilines is 1. The second-order valence-electron chi connectivity index (χ2n) is 7.32. The zero-order valence-electron chi connectivity index (χ0n) is 15.8. The van der Waals surface area contributed by atoms with Gasteiger partial charge in [-0.25, -0.2) is 4.98 Å². The van der Waals surface area contributed by atoms with Crippen molar-refractivity contribution in [2.75, 3.05) is 32.1 Å². The van der Waals surface area contributed by atoms with E-state index in [0.717, 1.165) is 42.9 Å². The zero-order valence-corrected chi connectivity index (χ0v) is 15.8. The Balaban J connectivity index is 1.31. The highest BCUT2D eigenvalue weighted by molar-refractivity contribution is 5.93. The van der Waals surface area contributed by atoms with E-state index in [2.05, 4.69) is 45.4 Å². The largest absolute Gasteiger partial charge is 0.477 e. The fraction of sp³-hybridized carbons (Fsp3) is 0.364. The lowest BCUT2D eigenvalue weighted by molar-refractivity contribution is 0.157. The first-order valence-corrected chi connectivity index (χ1v) is 9.61. The summed E-state index contributed by atoms with van der Waals surface area (Å²) >= 11 is 0. The van der Waals surface area contributed by atoms with Crippen LogP contribution in [-0.2, 0) is 6.54 Å². The lowest BCUT2D eigenvalue weighted by Gasteiger charge is -2.28. The maximum atomic E-state index is 5.90. The molecule has 4 rings (SSSR count). The standard InChI is InChI=1S/C22H26N4O/c1-26-11-8-17(9-12-26)16-27-22-6-5-18(14-25-22)13-24-21-4-2-3-19-15-23-10-7-20(19)21/h2-7,10,14-15,17,24H,8-9,11-13,16H2,1H3. The fourth-order valence-electron chi connectivity index (χ4n) is 3.51. The molecule has 0 atom stereocenters. The monoisotopic (exact) mass is 362 g/mol. The minimum atomic E-state index is 0.644. The smallest absolute Gasteiger partial charge is 0.213 e. The van der Waals surface area contributed by atoms with Crippen molar-refractivity contribution >= 4 is 16.5 Å². The van der Waals surface area contributed by atoms with E-state index in [-0.39, 0.29) is 0 Å². The summed E-state index contributed by atoms with van der Waals surface area (Å²) in [7, 11) is 2.18. The summed E-state index contributed by atoms with van der Waals surface area (Å²) in [5.41, 5.74) is 2.24. The van der Waals surface area contributed by atoms with Crippen LogP contribution in [0.25, 0.3) is 10.8 Å². The number of nitrogens with zero attached hydrogens (tertiary/aromatic N) is 3. The Kier molecular flexibility index (Phi) is 5.49. The number of fused-ring (bicyclic) bond motifs is 1. The van der Waals surface area contributed by atoms with E-state index in [1.807, 2.05) is 36.8 Å². The molecule has 27 heavy (non-hydrogen) atoms. The minimum absolute atomic E-state index is 0.644. The van der Waals surface area contributed by atoms with Gasteiger partial charge in [-0.3, -0.25) is 4.98 Å². The van der Waals surface area contributed by atoms with Gasteiger partial charge in [-0.2, -0.15) is 0 Å². The van der Waals surface area contributed by atoms with Crippen molar-refractivity contribution in [3.05, 3.63) is 60.6 Å². The molecule has 0 amide bonds. The van der Waals surface area contributed by atoms with Gasteiger partial charge in [0.05, 0.1) is 6.61 Å². The summed E-state index contributed by atoms with van der Waals surface area (Å²) in [6.45, 7) is 3.82. The molecule has 1 fully saturated rings. The minimum Gasteiger partial charge on any atom is -0.477 e. The maximum Gasteiger partial charge on any atom is 0.213 e. The molecule has 1 saturated heterocycles. The number of nitrogens with one attached hydrogen (secondary N) is 1. The lowest BCUT2D eigenvalue weighted by atomic mass is 9.98. The predicted octanol–water partition coefficient (Wildman–Crippen LogP) is 3.96. The SMILES string of the molecule is CN1CCC(COc2ccc(CNc3cccc4cnccc34)cn2)CC1.